The van der Waals surface area contributed by atoms with Crippen molar-refractivity contribution >= 4 is 17.7 Å². The second kappa shape index (κ2) is 6.44. The molecule has 2 amide bonds. The van der Waals surface area contributed by atoms with E-state index in [4.69, 9.17) is 5.11 Å². The molecule has 0 bridgehead atoms. The normalized spacial score (nSPS) is 13.4. The van der Waals surface area contributed by atoms with Crippen LogP contribution in [0.5, 0.6) is 0 Å². The number of para-hydroxylation sites is 1. The summed E-state index contributed by atoms with van der Waals surface area (Å²) in [5.41, 5.74) is 0.593. The van der Waals surface area contributed by atoms with Gasteiger partial charge >= 0.3 is 6.09 Å². The van der Waals surface area contributed by atoms with Gasteiger partial charge in [0, 0.05) is 18.7 Å². The maximum atomic E-state index is 10.1. The first kappa shape index (κ1) is 12.0. The van der Waals surface area contributed by atoms with Crippen molar-refractivity contribution in [2.75, 3.05) is 11.9 Å². The summed E-state index contributed by atoms with van der Waals surface area (Å²) < 4.78 is 0. The molecule has 0 aliphatic carbocycles. The zero-order chi connectivity index (χ0) is 11.8. The number of rotatable bonds is 1. The van der Waals surface area contributed by atoms with Crippen LogP contribution in [0, 0.1) is 0 Å². The lowest BCUT2D eigenvalue weighted by atomic mass is 10.3. The highest BCUT2D eigenvalue weighted by Gasteiger charge is 2.05. The number of amides is 2. The molecule has 1 aromatic carbocycles. The third-order valence-electron chi connectivity index (χ3n) is 1.93. The van der Waals surface area contributed by atoms with Crippen molar-refractivity contribution in [2.45, 2.75) is 12.8 Å². The summed E-state index contributed by atoms with van der Waals surface area (Å²) in [4.78, 5) is 20.2. The molecule has 3 N–H and O–H groups in total. The van der Waals surface area contributed by atoms with Gasteiger partial charge in [-0.25, -0.2) is 4.79 Å². The van der Waals surface area contributed by atoms with Crippen LogP contribution < -0.4 is 10.6 Å². The molecule has 0 atom stereocenters. The summed E-state index contributed by atoms with van der Waals surface area (Å²) in [6.07, 6.45) is 0.727. The fourth-order valence-electron chi connectivity index (χ4n) is 1.21. The van der Waals surface area contributed by atoms with Crippen molar-refractivity contribution in [3.05, 3.63) is 30.3 Å². The Morgan fingerprint density at radius 3 is 2.38 bits per heavy atom. The van der Waals surface area contributed by atoms with E-state index in [1.165, 1.54) is 0 Å². The average Bonchev–Trinajstić information content (AvgIpc) is 2.71. The number of carbonyl (C=O) groups excluding carboxylic acids is 1. The van der Waals surface area contributed by atoms with Gasteiger partial charge in [0.15, 0.2) is 0 Å². The minimum atomic E-state index is -1.04. The molecule has 0 radical (unpaired) electrons. The molecule has 86 valence electrons. The van der Waals surface area contributed by atoms with Crippen LogP contribution in [0.3, 0.4) is 0 Å². The van der Waals surface area contributed by atoms with Crippen molar-refractivity contribution in [3.8, 4) is 0 Å². The summed E-state index contributed by atoms with van der Waals surface area (Å²) in [5.74, 6) is 0.204. The van der Waals surface area contributed by atoms with Gasteiger partial charge in [-0.3, -0.25) is 10.1 Å². The van der Waals surface area contributed by atoms with Gasteiger partial charge in [0.2, 0.25) is 5.91 Å². The molecular weight excluding hydrogens is 208 g/mol. The maximum absolute atomic E-state index is 10.1. The topological polar surface area (TPSA) is 78.4 Å². The molecular formula is C11H14N2O3. The summed E-state index contributed by atoms with van der Waals surface area (Å²) in [7, 11) is 0. The number of carboxylic acid groups (broad SMARTS) is 1. The van der Waals surface area contributed by atoms with Crippen LogP contribution in [-0.2, 0) is 4.79 Å². The van der Waals surface area contributed by atoms with Gasteiger partial charge in [-0.05, 0) is 18.6 Å². The van der Waals surface area contributed by atoms with Gasteiger partial charge in [-0.1, -0.05) is 18.2 Å². The Morgan fingerprint density at radius 2 is 2.00 bits per heavy atom. The minimum absolute atomic E-state index is 0.204. The van der Waals surface area contributed by atoms with Gasteiger partial charge in [0.1, 0.15) is 0 Å². The fourth-order valence-corrected chi connectivity index (χ4v) is 1.21. The Morgan fingerprint density at radius 1 is 1.31 bits per heavy atom. The van der Waals surface area contributed by atoms with Crippen LogP contribution >= 0.6 is 0 Å². The molecule has 1 aliphatic heterocycles. The van der Waals surface area contributed by atoms with E-state index in [-0.39, 0.29) is 5.91 Å². The smallest absolute Gasteiger partial charge is 0.409 e. The Hall–Kier alpha value is -2.04. The van der Waals surface area contributed by atoms with Gasteiger partial charge in [-0.15, -0.1) is 0 Å². The number of hydrogen-bond acceptors (Lipinski definition) is 2. The predicted molar refractivity (Wildman–Crippen MR) is 60.3 cm³/mol. The lowest BCUT2D eigenvalue weighted by molar-refractivity contribution is -0.119. The summed E-state index contributed by atoms with van der Waals surface area (Å²) >= 11 is 0. The highest BCUT2D eigenvalue weighted by Crippen LogP contribution is 2.03. The Kier molecular flexibility index (Phi) is 4.85. The van der Waals surface area contributed by atoms with Crippen molar-refractivity contribution in [2.24, 2.45) is 0 Å². The van der Waals surface area contributed by atoms with Crippen molar-refractivity contribution < 1.29 is 14.7 Å². The average molecular weight is 222 g/mol. The molecule has 5 nitrogen and oxygen atoms in total. The van der Waals surface area contributed by atoms with E-state index in [0.717, 1.165) is 19.4 Å². The zero-order valence-corrected chi connectivity index (χ0v) is 8.77. The number of nitrogens with one attached hydrogen (secondary N) is 2. The molecule has 1 fully saturated rings. The van der Waals surface area contributed by atoms with Gasteiger partial charge in [0.25, 0.3) is 0 Å². The molecule has 5 heteroatoms. The van der Waals surface area contributed by atoms with Crippen LogP contribution in [0.25, 0.3) is 0 Å². The Balaban J connectivity index is 0.000000181. The molecule has 0 saturated carbocycles. The first-order valence-electron chi connectivity index (χ1n) is 5.00. The first-order chi connectivity index (χ1) is 7.68. The molecule has 0 aromatic heterocycles. The van der Waals surface area contributed by atoms with Crippen LogP contribution in [-0.4, -0.2) is 23.7 Å². The summed E-state index contributed by atoms with van der Waals surface area (Å²) in [6, 6.07) is 8.74. The van der Waals surface area contributed by atoms with E-state index in [0.29, 0.717) is 5.69 Å². The number of carbonyl (C=O) groups is 2. The van der Waals surface area contributed by atoms with Crippen molar-refractivity contribution in [1.29, 1.82) is 0 Å². The van der Waals surface area contributed by atoms with Crippen molar-refractivity contribution in [3.63, 3.8) is 0 Å². The van der Waals surface area contributed by atoms with Gasteiger partial charge in [-0.2, -0.15) is 0 Å². The third-order valence-corrected chi connectivity index (χ3v) is 1.93. The number of hydrogen-bond donors (Lipinski definition) is 3. The van der Waals surface area contributed by atoms with E-state index in [9.17, 15) is 9.59 Å². The molecule has 16 heavy (non-hydrogen) atoms. The van der Waals surface area contributed by atoms with Crippen LogP contribution in [0.15, 0.2) is 30.3 Å². The summed E-state index contributed by atoms with van der Waals surface area (Å²) in [6.45, 7) is 0.888. The van der Waals surface area contributed by atoms with Crippen LogP contribution in [0.1, 0.15) is 12.8 Å². The standard InChI is InChI=1S/C7H7NO2.C4H7NO/c9-7(10)8-6-4-2-1-3-5-6;6-4-2-1-3-5-4/h1-5,8H,(H,9,10);1-3H2,(H,5,6). The number of benzene rings is 1. The SMILES string of the molecule is O=C(O)Nc1ccccc1.O=C1CCCN1. The second-order valence-electron chi connectivity index (χ2n) is 3.25. The van der Waals surface area contributed by atoms with Crippen LogP contribution in [0.4, 0.5) is 10.5 Å². The van der Waals surface area contributed by atoms with Gasteiger partial charge < -0.3 is 10.4 Å². The second-order valence-corrected chi connectivity index (χ2v) is 3.25. The summed E-state index contributed by atoms with van der Waals surface area (Å²) in [5, 5.41) is 13.2. The maximum Gasteiger partial charge on any atom is 0.409 e. The fraction of sp³-hybridized carbons (Fsp3) is 0.273. The van der Waals surface area contributed by atoms with E-state index in [2.05, 4.69) is 10.6 Å². The molecule has 1 saturated heterocycles. The largest absolute Gasteiger partial charge is 0.465 e. The first-order valence-corrected chi connectivity index (χ1v) is 5.00. The highest BCUT2D eigenvalue weighted by molar-refractivity contribution is 5.82. The zero-order valence-electron chi connectivity index (χ0n) is 8.77. The van der Waals surface area contributed by atoms with E-state index < -0.39 is 6.09 Å². The minimum Gasteiger partial charge on any atom is -0.465 e. The lowest BCUT2D eigenvalue weighted by Crippen LogP contribution is -2.12. The predicted octanol–water partition coefficient (Wildman–Crippen LogP) is 1.67. The molecule has 1 aliphatic rings. The van der Waals surface area contributed by atoms with Crippen molar-refractivity contribution in [1.82, 2.24) is 5.32 Å². The van der Waals surface area contributed by atoms with E-state index >= 15 is 0 Å². The van der Waals surface area contributed by atoms with E-state index in [1.54, 1.807) is 24.3 Å². The molecule has 1 heterocycles. The molecule has 1 aromatic rings. The quantitative estimate of drug-likeness (QED) is 0.676. The Labute approximate surface area is 93.5 Å². The van der Waals surface area contributed by atoms with E-state index in [1.807, 2.05) is 6.07 Å². The van der Waals surface area contributed by atoms with Gasteiger partial charge in [0.05, 0.1) is 0 Å². The Bertz CT molecular complexity index is 344. The van der Waals surface area contributed by atoms with Crippen LogP contribution in [0.2, 0.25) is 0 Å². The lowest BCUT2D eigenvalue weighted by Gasteiger charge is -1.96. The third kappa shape index (κ3) is 4.99. The molecule has 0 spiro atoms. The molecule has 2 rings (SSSR count). The highest BCUT2D eigenvalue weighted by atomic mass is 16.4. The molecule has 0 unspecified atom stereocenters. The monoisotopic (exact) mass is 222 g/mol. The number of anilines is 1.